The van der Waals surface area contributed by atoms with Gasteiger partial charge < -0.3 is 18.8 Å². The SMILES string of the molecule is Cc1ccc([C@H](C)NCC(=O)N2CCC3(CC2)OCCO3)o1. The van der Waals surface area contributed by atoms with Crippen LogP contribution in [0.4, 0.5) is 0 Å². The van der Waals surface area contributed by atoms with Gasteiger partial charge in [-0.15, -0.1) is 0 Å². The van der Waals surface area contributed by atoms with Gasteiger partial charge in [0, 0.05) is 25.9 Å². The lowest BCUT2D eigenvalue weighted by molar-refractivity contribution is -0.187. The van der Waals surface area contributed by atoms with E-state index >= 15 is 0 Å². The van der Waals surface area contributed by atoms with Crippen molar-refractivity contribution in [2.75, 3.05) is 32.8 Å². The standard InChI is InChI=1S/C16H24N2O4/c1-12-3-4-14(22-12)13(2)17-11-15(19)18-7-5-16(6-8-18)20-9-10-21-16/h3-4,13,17H,5-11H2,1-2H3/t13-/m0/s1. The van der Waals surface area contributed by atoms with Crippen LogP contribution in [0.25, 0.3) is 0 Å². The smallest absolute Gasteiger partial charge is 0.236 e. The van der Waals surface area contributed by atoms with Crippen LogP contribution in [0.3, 0.4) is 0 Å². The molecule has 1 atom stereocenters. The van der Waals surface area contributed by atoms with Crippen molar-refractivity contribution >= 4 is 5.91 Å². The molecule has 122 valence electrons. The Kier molecular flexibility index (Phi) is 4.52. The first-order valence-corrected chi connectivity index (χ1v) is 7.93. The molecule has 0 bridgehead atoms. The Morgan fingerprint density at radius 3 is 2.59 bits per heavy atom. The molecule has 2 aliphatic rings. The summed E-state index contributed by atoms with van der Waals surface area (Å²) in [5.41, 5.74) is 0. The van der Waals surface area contributed by atoms with Crippen molar-refractivity contribution < 1.29 is 18.7 Å². The van der Waals surface area contributed by atoms with E-state index < -0.39 is 5.79 Å². The van der Waals surface area contributed by atoms with E-state index in [9.17, 15) is 4.79 Å². The van der Waals surface area contributed by atoms with Gasteiger partial charge in [-0.25, -0.2) is 0 Å². The van der Waals surface area contributed by atoms with E-state index in [1.54, 1.807) is 0 Å². The minimum atomic E-state index is -0.427. The molecule has 2 saturated heterocycles. The van der Waals surface area contributed by atoms with Crippen LogP contribution in [0.5, 0.6) is 0 Å². The molecule has 2 aliphatic heterocycles. The van der Waals surface area contributed by atoms with Gasteiger partial charge in [0.15, 0.2) is 5.79 Å². The van der Waals surface area contributed by atoms with Gasteiger partial charge in [-0.3, -0.25) is 10.1 Å². The van der Waals surface area contributed by atoms with Crippen molar-refractivity contribution in [1.29, 1.82) is 0 Å². The minimum absolute atomic E-state index is 0.0234. The van der Waals surface area contributed by atoms with Gasteiger partial charge in [0.25, 0.3) is 0 Å². The number of ether oxygens (including phenoxy) is 2. The first kappa shape index (κ1) is 15.5. The molecular formula is C16H24N2O4. The monoisotopic (exact) mass is 308 g/mol. The van der Waals surface area contributed by atoms with E-state index in [0.29, 0.717) is 32.8 Å². The lowest BCUT2D eigenvalue weighted by Crippen LogP contribution is -2.49. The molecular weight excluding hydrogens is 284 g/mol. The van der Waals surface area contributed by atoms with Crippen LogP contribution in [0.2, 0.25) is 0 Å². The van der Waals surface area contributed by atoms with Gasteiger partial charge >= 0.3 is 0 Å². The highest BCUT2D eigenvalue weighted by Crippen LogP contribution is 2.31. The third-order valence-electron chi connectivity index (χ3n) is 4.44. The number of carbonyl (C=O) groups is 1. The summed E-state index contributed by atoms with van der Waals surface area (Å²) in [7, 11) is 0. The number of rotatable bonds is 4. The fraction of sp³-hybridized carbons (Fsp3) is 0.688. The van der Waals surface area contributed by atoms with Crippen LogP contribution >= 0.6 is 0 Å². The van der Waals surface area contributed by atoms with Gasteiger partial charge in [0.05, 0.1) is 25.8 Å². The normalized spacial score (nSPS) is 22.2. The highest BCUT2D eigenvalue weighted by atomic mass is 16.7. The summed E-state index contributed by atoms with van der Waals surface area (Å²) in [5, 5.41) is 3.22. The molecule has 3 rings (SSSR count). The van der Waals surface area contributed by atoms with Crippen molar-refractivity contribution in [3.05, 3.63) is 23.7 Å². The molecule has 0 radical (unpaired) electrons. The first-order valence-electron chi connectivity index (χ1n) is 7.93. The summed E-state index contributed by atoms with van der Waals surface area (Å²) < 4.78 is 16.9. The summed E-state index contributed by atoms with van der Waals surface area (Å²) in [4.78, 5) is 14.2. The quantitative estimate of drug-likeness (QED) is 0.915. The molecule has 6 heteroatoms. The Morgan fingerprint density at radius 1 is 1.32 bits per heavy atom. The molecule has 1 aromatic rings. The van der Waals surface area contributed by atoms with Crippen LogP contribution in [0.15, 0.2) is 16.5 Å². The molecule has 0 saturated carbocycles. The van der Waals surface area contributed by atoms with Crippen LogP contribution in [0.1, 0.15) is 37.3 Å². The third kappa shape index (κ3) is 3.34. The molecule has 1 N–H and O–H groups in total. The number of aryl methyl sites for hydroxylation is 1. The molecule has 1 spiro atoms. The number of hydrogen-bond donors (Lipinski definition) is 1. The maximum absolute atomic E-state index is 12.3. The van der Waals surface area contributed by atoms with Gasteiger partial charge in [-0.2, -0.15) is 0 Å². The lowest BCUT2D eigenvalue weighted by Gasteiger charge is -2.37. The number of likely N-dealkylation sites (tertiary alicyclic amines) is 1. The second-order valence-electron chi connectivity index (χ2n) is 6.04. The van der Waals surface area contributed by atoms with E-state index in [0.717, 1.165) is 24.4 Å². The largest absolute Gasteiger partial charge is 0.465 e. The van der Waals surface area contributed by atoms with E-state index in [4.69, 9.17) is 13.9 Å². The van der Waals surface area contributed by atoms with Crippen molar-refractivity contribution in [3.8, 4) is 0 Å². The Hall–Kier alpha value is -1.37. The fourth-order valence-electron chi connectivity index (χ4n) is 3.02. The predicted molar refractivity (Wildman–Crippen MR) is 80.3 cm³/mol. The van der Waals surface area contributed by atoms with Gasteiger partial charge in [-0.05, 0) is 26.0 Å². The second kappa shape index (κ2) is 6.40. The zero-order valence-corrected chi connectivity index (χ0v) is 13.3. The molecule has 0 unspecified atom stereocenters. The second-order valence-corrected chi connectivity index (χ2v) is 6.04. The van der Waals surface area contributed by atoms with Gasteiger partial charge in [0.1, 0.15) is 11.5 Å². The van der Waals surface area contributed by atoms with E-state index in [1.165, 1.54) is 0 Å². The third-order valence-corrected chi connectivity index (χ3v) is 4.44. The van der Waals surface area contributed by atoms with Crippen LogP contribution in [-0.4, -0.2) is 49.4 Å². The molecule has 1 amide bonds. The predicted octanol–water partition coefficient (Wildman–Crippen LogP) is 1.60. The highest BCUT2D eigenvalue weighted by molar-refractivity contribution is 5.78. The average molecular weight is 308 g/mol. The molecule has 6 nitrogen and oxygen atoms in total. The van der Waals surface area contributed by atoms with E-state index in [1.807, 2.05) is 30.9 Å². The summed E-state index contributed by atoms with van der Waals surface area (Å²) in [6, 6.07) is 3.90. The molecule has 22 heavy (non-hydrogen) atoms. The average Bonchev–Trinajstić information content (AvgIpc) is 3.15. The number of piperidine rings is 1. The molecule has 0 aromatic carbocycles. The van der Waals surface area contributed by atoms with Crippen LogP contribution in [-0.2, 0) is 14.3 Å². The lowest BCUT2D eigenvalue weighted by atomic mass is 10.0. The summed E-state index contributed by atoms with van der Waals surface area (Å²) >= 11 is 0. The number of furan rings is 1. The Balaban J connectivity index is 1.44. The van der Waals surface area contributed by atoms with Crippen molar-refractivity contribution in [2.24, 2.45) is 0 Å². The highest BCUT2D eigenvalue weighted by Gasteiger charge is 2.40. The Morgan fingerprint density at radius 2 is 2.00 bits per heavy atom. The topological polar surface area (TPSA) is 63.9 Å². The molecule has 3 heterocycles. The number of carbonyl (C=O) groups excluding carboxylic acids is 1. The van der Waals surface area contributed by atoms with Crippen LogP contribution in [0, 0.1) is 6.92 Å². The molecule has 1 aromatic heterocycles. The van der Waals surface area contributed by atoms with Crippen molar-refractivity contribution in [3.63, 3.8) is 0 Å². The summed E-state index contributed by atoms with van der Waals surface area (Å²) in [6.45, 7) is 6.93. The van der Waals surface area contributed by atoms with Crippen molar-refractivity contribution in [2.45, 2.75) is 38.5 Å². The zero-order valence-electron chi connectivity index (χ0n) is 13.3. The van der Waals surface area contributed by atoms with Gasteiger partial charge in [-0.1, -0.05) is 0 Å². The van der Waals surface area contributed by atoms with E-state index in [-0.39, 0.29) is 11.9 Å². The number of hydrogen-bond acceptors (Lipinski definition) is 5. The van der Waals surface area contributed by atoms with Gasteiger partial charge in [0.2, 0.25) is 5.91 Å². The maximum Gasteiger partial charge on any atom is 0.236 e. The summed E-state index contributed by atoms with van der Waals surface area (Å²) in [5.74, 6) is 1.43. The maximum atomic E-state index is 12.3. The first-order chi connectivity index (χ1) is 10.6. The number of nitrogens with one attached hydrogen (secondary N) is 1. The minimum Gasteiger partial charge on any atom is -0.465 e. The molecule has 0 aliphatic carbocycles. The fourth-order valence-corrected chi connectivity index (χ4v) is 3.02. The van der Waals surface area contributed by atoms with Crippen molar-refractivity contribution in [1.82, 2.24) is 10.2 Å². The van der Waals surface area contributed by atoms with E-state index in [2.05, 4.69) is 5.32 Å². The zero-order chi connectivity index (χ0) is 15.6. The molecule has 2 fully saturated rings. The Bertz CT molecular complexity index is 512. The number of nitrogens with zero attached hydrogens (tertiary/aromatic N) is 1. The Labute approximate surface area is 130 Å². The number of amides is 1. The van der Waals surface area contributed by atoms with Crippen LogP contribution < -0.4 is 5.32 Å². The summed E-state index contributed by atoms with van der Waals surface area (Å²) in [6.07, 6.45) is 1.51.